The molecule has 6 heterocycles. The van der Waals surface area contributed by atoms with E-state index in [-0.39, 0.29) is 6.04 Å². The summed E-state index contributed by atoms with van der Waals surface area (Å²) in [5.74, 6) is 1.32. The average Bonchev–Trinajstić information content (AvgIpc) is 3.73. The first-order valence-corrected chi connectivity index (χ1v) is 23.3. The molecule has 318 valence electrons. The van der Waals surface area contributed by atoms with E-state index in [0.717, 1.165) is 153 Å². The highest BCUT2D eigenvalue weighted by atomic mass is 15.2. The van der Waals surface area contributed by atoms with Crippen molar-refractivity contribution in [1.29, 1.82) is 0 Å². The largest absolute Gasteiger partial charge is 0.341 e. The zero-order valence-corrected chi connectivity index (χ0v) is 35.8. The van der Waals surface area contributed by atoms with Crippen LogP contribution in [0.25, 0.3) is 21.8 Å². The smallest absolute Gasteiger partial charge is 0.121 e. The number of nitrogens with zero attached hydrogens (tertiary/aromatic N) is 8. The van der Waals surface area contributed by atoms with Gasteiger partial charge in [-0.1, -0.05) is 36.4 Å². The number of aryl methyl sites for hydroxylation is 1. The van der Waals surface area contributed by atoms with Gasteiger partial charge in [-0.05, 0) is 117 Å². The molecule has 2 fully saturated rings. The van der Waals surface area contributed by atoms with Crippen LogP contribution in [0.1, 0.15) is 96.1 Å². The van der Waals surface area contributed by atoms with Gasteiger partial charge in [0, 0.05) is 102 Å². The molecular formula is C50H63N11. The number of pyridine rings is 3. The number of H-pyrrole nitrogens is 1. The molecule has 6 aromatic rings. The number of aromatic nitrogens is 5. The highest BCUT2D eigenvalue weighted by Crippen LogP contribution is 2.44. The van der Waals surface area contributed by atoms with Crippen molar-refractivity contribution in [3.8, 4) is 0 Å². The molecule has 0 radical (unpaired) electrons. The maximum Gasteiger partial charge on any atom is 0.121 e. The first-order chi connectivity index (χ1) is 30.2. The molecule has 61 heavy (non-hydrogen) atoms. The average molecular weight is 818 g/mol. The predicted molar refractivity (Wildman–Crippen MR) is 244 cm³/mol. The Labute approximate surface area is 361 Å². The second kappa shape index (κ2) is 19.2. The van der Waals surface area contributed by atoms with Gasteiger partial charge in [0.2, 0.25) is 0 Å². The van der Waals surface area contributed by atoms with Crippen LogP contribution in [0.5, 0.6) is 0 Å². The summed E-state index contributed by atoms with van der Waals surface area (Å²) in [7, 11) is 0. The number of aromatic amines is 1. The predicted octanol–water partition coefficient (Wildman–Crippen LogP) is 6.84. The first-order valence-electron chi connectivity index (χ1n) is 23.3. The van der Waals surface area contributed by atoms with Crippen LogP contribution in [-0.4, -0.2) is 123 Å². The molecule has 0 saturated carbocycles. The Kier molecular flexibility index (Phi) is 12.7. The Bertz CT molecular complexity index is 2330. The zero-order valence-electron chi connectivity index (χ0n) is 35.8. The van der Waals surface area contributed by atoms with Crippen LogP contribution in [0, 0.1) is 0 Å². The molecule has 3 atom stereocenters. The first kappa shape index (κ1) is 40.5. The minimum absolute atomic E-state index is 0.236. The number of para-hydroxylation sites is 2. The summed E-state index contributed by atoms with van der Waals surface area (Å²) in [6.45, 7) is 14.8. The molecular weight excluding hydrogens is 755 g/mol. The van der Waals surface area contributed by atoms with Gasteiger partial charge in [0.15, 0.2) is 0 Å². The molecule has 3 N–H and O–H groups in total. The van der Waals surface area contributed by atoms with Gasteiger partial charge in [-0.2, -0.15) is 0 Å². The van der Waals surface area contributed by atoms with E-state index in [1.54, 1.807) is 0 Å². The van der Waals surface area contributed by atoms with Crippen LogP contribution in [0.15, 0.2) is 91.4 Å². The van der Waals surface area contributed by atoms with Crippen LogP contribution in [0.2, 0.25) is 0 Å². The van der Waals surface area contributed by atoms with Crippen LogP contribution >= 0.6 is 0 Å². The summed E-state index contributed by atoms with van der Waals surface area (Å²) < 4.78 is 0. The lowest BCUT2D eigenvalue weighted by Crippen LogP contribution is -2.44. The molecule has 0 bridgehead atoms. The van der Waals surface area contributed by atoms with Crippen molar-refractivity contribution in [2.24, 2.45) is 0 Å². The third-order valence-corrected chi connectivity index (χ3v) is 14.0. The quantitative estimate of drug-likeness (QED) is 0.102. The van der Waals surface area contributed by atoms with Crippen molar-refractivity contribution >= 4 is 21.8 Å². The molecule has 2 saturated heterocycles. The van der Waals surface area contributed by atoms with Crippen LogP contribution in [-0.2, 0) is 19.5 Å². The number of imidazole rings is 1. The van der Waals surface area contributed by atoms with E-state index in [1.165, 1.54) is 45.3 Å². The van der Waals surface area contributed by atoms with Gasteiger partial charge >= 0.3 is 0 Å². The van der Waals surface area contributed by atoms with Gasteiger partial charge in [-0.3, -0.25) is 24.8 Å². The second-order valence-electron chi connectivity index (χ2n) is 17.9. The third-order valence-electron chi connectivity index (χ3n) is 14.0. The Morgan fingerprint density at radius 2 is 1.38 bits per heavy atom. The summed E-state index contributed by atoms with van der Waals surface area (Å²) in [6, 6.07) is 27.3. The van der Waals surface area contributed by atoms with Crippen molar-refractivity contribution in [2.75, 3.05) is 78.5 Å². The van der Waals surface area contributed by atoms with E-state index in [0.29, 0.717) is 12.0 Å². The van der Waals surface area contributed by atoms with Crippen molar-refractivity contribution < 1.29 is 0 Å². The fraction of sp³-hybridized carbons (Fsp3) is 0.480. The van der Waals surface area contributed by atoms with Crippen LogP contribution in [0.3, 0.4) is 0 Å². The Morgan fingerprint density at radius 1 is 0.656 bits per heavy atom. The molecule has 4 aromatic heterocycles. The van der Waals surface area contributed by atoms with Gasteiger partial charge in [-0.25, -0.2) is 4.98 Å². The lowest BCUT2D eigenvalue weighted by molar-refractivity contribution is 0.144. The van der Waals surface area contributed by atoms with E-state index in [4.69, 9.17) is 19.9 Å². The van der Waals surface area contributed by atoms with Crippen LogP contribution in [0.4, 0.5) is 0 Å². The van der Waals surface area contributed by atoms with Crippen molar-refractivity contribution in [3.63, 3.8) is 0 Å². The molecule has 11 nitrogen and oxygen atoms in total. The Hall–Kier alpha value is -4.62. The SMILES string of the molecule is c1cnc2c(c1)CCC[C@@H]2N(CCCN1CCNCC1)Cc1cc2ccc(C3CC[C@H](N(CCCN4CCNCC4)Cc4nc5ccccc5[nH]4)c4ncccc43)cc2cn1. The van der Waals surface area contributed by atoms with E-state index in [2.05, 4.69) is 114 Å². The van der Waals surface area contributed by atoms with Gasteiger partial charge < -0.3 is 25.4 Å². The van der Waals surface area contributed by atoms with Gasteiger partial charge in [0.25, 0.3) is 0 Å². The monoisotopic (exact) mass is 818 g/mol. The lowest BCUT2D eigenvalue weighted by atomic mass is 9.78. The number of benzene rings is 2. The number of rotatable bonds is 15. The molecule has 1 unspecified atom stereocenters. The van der Waals surface area contributed by atoms with Gasteiger partial charge in [-0.15, -0.1) is 0 Å². The maximum absolute atomic E-state index is 5.16. The van der Waals surface area contributed by atoms with E-state index in [1.807, 2.05) is 12.4 Å². The summed E-state index contributed by atoms with van der Waals surface area (Å²) in [5, 5.41) is 9.48. The molecule has 10 rings (SSSR count). The minimum atomic E-state index is 0.236. The highest BCUT2D eigenvalue weighted by molar-refractivity contribution is 5.83. The number of fused-ring (bicyclic) bond motifs is 4. The minimum Gasteiger partial charge on any atom is -0.341 e. The number of piperazine rings is 2. The Balaban J connectivity index is 0.873. The van der Waals surface area contributed by atoms with Crippen molar-refractivity contribution in [1.82, 2.24) is 55.2 Å². The van der Waals surface area contributed by atoms with E-state index >= 15 is 0 Å². The molecule has 0 spiro atoms. The van der Waals surface area contributed by atoms with E-state index in [9.17, 15) is 0 Å². The Morgan fingerprint density at radius 3 is 2.16 bits per heavy atom. The molecule has 4 aliphatic rings. The molecule has 2 aliphatic heterocycles. The molecule has 11 heteroatoms. The van der Waals surface area contributed by atoms with Crippen molar-refractivity contribution in [2.45, 2.75) is 76.0 Å². The molecule has 0 amide bonds. The van der Waals surface area contributed by atoms with Gasteiger partial charge in [0.05, 0.1) is 46.7 Å². The third kappa shape index (κ3) is 9.43. The van der Waals surface area contributed by atoms with Crippen LogP contribution < -0.4 is 10.6 Å². The van der Waals surface area contributed by atoms with Gasteiger partial charge in [0.1, 0.15) is 5.82 Å². The standard InChI is InChI=1S/C50H63N11/c1-2-12-45-44(11-1)56-48(57-45)36-61(27-7-25-59-30-22-52-23-31-59)47-17-16-42(43-10-5-19-54-50(43)47)39-15-14-38-33-41(55-34-40(38)32-39)35-60(26-6-24-58-28-20-51-21-29-58)46-13-3-8-37-9-4-18-53-49(37)46/h1-2,4-5,9-12,14-15,18-19,32-34,42,46-47,51-52H,3,6-8,13,16-17,20-31,35-36H2,(H,56,57)/t42?,46-,47-/m0/s1. The lowest BCUT2D eigenvalue weighted by Gasteiger charge is -2.38. The fourth-order valence-corrected chi connectivity index (χ4v) is 10.8. The summed E-state index contributed by atoms with van der Waals surface area (Å²) in [4.78, 5) is 34.5. The highest BCUT2D eigenvalue weighted by Gasteiger charge is 2.34. The normalized spacial score (nSPS) is 21.3. The summed E-state index contributed by atoms with van der Waals surface area (Å²) in [6.07, 6.45) is 14.0. The van der Waals surface area contributed by atoms with Crippen molar-refractivity contribution in [3.05, 3.63) is 131 Å². The molecule has 2 aromatic carbocycles. The number of hydrogen-bond donors (Lipinski definition) is 3. The summed E-state index contributed by atoms with van der Waals surface area (Å²) >= 11 is 0. The van der Waals surface area contributed by atoms with E-state index < -0.39 is 0 Å². The zero-order chi connectivity index (χ0) is 40.8. The molecule has 2 aliphatic carbocycles. The number of hydrogen-bond acceptors (Lipinski definition) is 10. The second-order valence-corrected chi connectivity index (χ2v) is 17.9. The summed E-state index contributed by atoms with van der Waals surface area (Å²) in [5.41, 5.74) is 9.91. The fourth-order valence-electron chi connectivity index (χ4n) is 10.8. The maximum atomic E-state index is 5.16. The number of nitrogens with one attached hydrogen (secondary N) is 3. The topological polar surface area (TPSA) is 104 Å².